The van der Waals surface area contributed by atoms with Crippen LogP contribution in [0.4, 0.5) is 5.69 Å². The lowest BCUT2D eigenvalue weighted by Gasteiger charge is -2.06. The minimum absolute atomic E-state index is 0.328. The Balaban J connectivity index is 2.60. The highest BCUT2D eigenvalue weighted by Gasteiger charge is 2.15. The molecule has 2 aromatic rings. The second-order valence-electron chi connectivity index (χ2n) is 4.31. The standard InChI is InChI=1S/C15H15BrN2O2S/c1-4-20-15(19)13-9(2)17-10(3)21-14(13)18-12-7-5-11(16)6-8-12/h5-8H,4H2,1-3H3. The number of hydrogen-bond donors (Lipinski definition) is 0. The van der Waals surface area contributed by atoms with Crippen molar-refractivity contribution < 1.29 is 9.53 Å². The molecule has 0 radical (unpaired) electrons. The van der Waals surface area contributed by atoms with E-state index in [0.717, 1.165) is 15.2 Å². The normalized spacial score (nSPS) is 11.5. The largest absolute Gasteiger partial charge is 0.462 e. The molecule has 0 amide bonds. The summed E-state index contributed by atoms with van der Waals surface area (Å²) in [5.74, 6) is -0.380. The quantitative estimate of drug-likeness (QED) is 0.773. The smallest absolute Gasteiger partial charge is 0.343 e. The van der Waals surface area contributed by atoms with Crippen LogP contribution in [0.5, 0.6) is 0 Å². The molecule has 0 aliphatic rings. The van der Waals surface area contributed by atoms with Crippen LogP contribution in [0.25, 0.3) is 0 Å². The number of benzene rings is 1. The van der Waals surface area contributed by atoms with Gasteiger partial charge in [0.15, 0.2) is 0 Å². The fraction of sp³-hybridized carbons (Fsp3) is 0.267. The van der Waals surface area contributed by atoms with E-state index in [1.54, 1.807) is 13.8 Å². The zero-order valence-electron chi connectivity index (χ0n) is 12.0. The van der Waals surface area contributed by atoms with Gasteiger partial charge in [-0.15, -0.1) is 11.3 Å². The molecule has 0 fully saturated rings. The molecule has 1 aromatic carbocycles. The molecule has 1 aromatic heterocycles. The average Bonchev–Trinajstić information content (AvgIpc) is 2.41. The molecule has 0 saturated carbocycles. The second-order valence-corrected chi connectivity index (χ2v) is 6.40. The molecule has 0 aliphatic carbocycles. The predicted molar refractivity (Wildman–Crippen MR) is 86.9 cm³/mol. The topological polar surface area (TPSA) is 51.5 Å². The summed E-state index contributed by atoms with van der Waals surface area (Å²) in [5.41, 5.74) is 1.86. The molecule has 0 bridgehead atoms. The number of rotatable bonds is 3. The number of aryl methyl sites for hydroxylation is 2. The molecular weight excluding hydrogens is 352 g/mol. The number of carbonyl (C=O) groups excluding carboxylic acids is 1. The molecule has 4 nitrogen and oxygen atoms in total. The van der Waals surface area contributed by atoms with E-state index in [9.17, 15) is 4.79 Å². The van der Waals surface area contributed by atoms with Crippen LogP contribution in [0.3, 0.4) is 0 Å². The maximum absolute atomic E-state index is 12.1. The summed E-state index contributed by atoms with van der Waals surface area (Å²) in [6, 6.07) is 7.59. The third-order valence-corrected chi connectivity index (χ3v) is 4.09. The Labute approximate surface area is 135 Å². The average molecular weight is 367 g/mol. The van der Waals surface area contributed by atoms with Gasteiger partial charge in [-0.25, -0.2) is 14.8 Å². The Morgan fingerprint density at radius 1 is 1.33 bits per heavy atom. The molecule has 0 aliphatic heterocycles. The number of hydrogen-bond acceptors (Lipinski definition) is 5. The predicted octanol–water partition coefficient (Wildman–Crippen LogP) is 3.93. The van der Waals surface area contributed by atoms with Gasteiger partial charge in [-0.3, -0.25) is 0 Å². The van der Waals surface area contributed by atoms with E-state index >= 15 is 0 Å². The Bertz CT molecular complexity index is 723. The van der Waals surface area contributed by atoms with Gasteiger partial charge in [-0.2, -0.15) is 0 Å². The van der Waals surface area contributed by atoms with E-state index < -0.39 is 0 Å². The minimum atomic E-state index is -0.380. The van der Waals surface area contributed by atoms with Gasteiger partial charge in [0.25, 0.3) is 0 Å². The van der Waals surface area contributed by atoms with Crippen molar-refractivity contribution in [3.63, 3.8) is 0 Å². The van der Waals surface area contributed by atoms with Crippen LogP contribution in [0, 0.1) is 13.8 Å². The molecule has 6 heteroatoms. The summed E-state index contributed by atoms with van der Waals surface area (Å²) < 4.78 is 6.72. The van der Waals surface area contributed by atoms with Crippen LogP contribution in [0.2, 0.25) is 0 Å². The lowest BCUT2D eigenvalue weighted by atomic mass is 10.2. The van der Waals surface area contributed by atoms with Crippen LogP contribution in [0.15, 0.2) is 33.7 Å². The van der Waals surface area contributed by atoms with Crippen molar-refractivity contribution in [1.29, 1.82) is 0 Å². The highest BCUT2D eigenvalue weighted by molar-refractivity contribution is 9.10. The van der Waals surface area contributed by atoms with Crippen LogP contribution in [0.1, 0.15) is 28.0 Å². The number of carbonyl (C=O) groups is 1. The lowest BCUT2D eigenvalue weighted by molar-refractivity contribution is 0.0523. The van der Waals surface area contributed by atoms with Gasteiger partial charge >= 0.3 is 5.97 Å². The summed E-state index contributed by atoms with van der Waals surface area (Å²) in [7, 11) is 0. The maximum Gasteiger partial charge on any atom is 0.343 e. The Morgan fingerprint density at radius 3 is 2.62 bits per heavy atom. The van der Waals surface area contributed by atoms with E-state index in [4.69, 9.17) is 4.74 Å². The zero-order valence-corrected chi connectivity index (χ0v) is 14.4. The van der Waals surface area contributed by atoms with Gasteiger partial charge in [-0.1, -0.05) is 15.9 Å². The second kappa shape index (κ2) is 6.95. The zero-order chi connectivity index (χ0) is 15.4. The molecule has 0 atom stereocenters. The van der Waals surface area contributed by atoms with Gasteiger partial charge < -0.3 is 4.74 Å². The fourth-order valence-electron chi connectivity index (χ4n) is 1.81. The number of ether oxygens (including phenoxy) is 1. The van der Waals surface area contributed by atoms with Crippen molar-refractivity contribution in [3.8, 4) is 0 Å². The molecule has 0 N–H and O–H groups in total. The van der Waals surface area contributed by atoms with E-state index in [0.29, 0.717) is 22.5 Å². The van der Waals surface area contributed by atoms with Crippen LogP contribution < -0.4 is 4.67 Å². The molecular formula is C15H15BrN2O2S. The van der Waals surface area contributed by atoms with Crippen LogP contribution in [-0.2, 0) is 4.74 Å². The third-order valence-electron chi connectivity index (χ3n) is 2.68. The molecule has 2 rings (SSSR count). The molecule has 0 unspecified atom stereocenters. The monoisotopic (exact) mass is 366 g/mol. The van der Waals surface area contributed by atoms with E-state index in [2.05, 4.69) is 25.9 Å². The highest BCUT2D eigenvalue weighted by Crippen LogP contribution is 2.17. The summed E-state index contributed by atoms with van der Waals surface area (Å²) in [4.78, 5) is 21.0. The van der Waals surface area contributed by atoms with Gasteiger partial charge in [0.1, 0.15) is 10.2 Å². The van der Waals surface area contributed by atoms with Crippen molar-refractivity contribution in [3.05, 3.63) is 49.7 Å². The first-order valence-electron chi connectivity index (χ1n) is 6.47. The van der Waals surface area contributed by atoms with Crippen molar-refractivity contribution in [2.75, 3.05) is 6.61 Å². The fourth-order valence-corrected chi connectivity index (χ4v) is 3.02. The van der Waals surface area contributed by atoms with Crippen molar-refractivity contribution >= 4 is 38.9 Å². The Morgan fingerprint density at radius 2 is 2.00 bits per heavy atom. The lowest BCUT2D eigenvalue weighted by Crippen LogP contribution is -2.19. The van der Waals surface area contributed by atoms with Gasteiger partial charge in [0, 0.05) is 4.47 Å². The van der Waals surface area contributed by atoms with Crippen LogP contribution >= 0.6 is 27.3 Å². The summed E-state index contributed by atoms with van der Waals surface area (Å²) >= 11 is 4.77. The number of nitrogens with zero attached hydrogens (tertiary/aromatic N) is 2. The first-order valence-corrected chi connectivity index (χ1v) is 8.08. The number of halogens is 1. The number of aromatic nitrogens is 1. The Hall–Kier alpha value is -1.53. The van der Waals surface area contributed by atoms with Crippen molar-refractivity contribution in [2.24, 2.45) is 4.99 Å². The maximum atomic E-state index is 12.1. The molecule has 21 heavy (non-hydrogen) atoms. The summed E-state index contributed by atoms with van der Waals surface area (Å²) in [6.07, 6.45) is 0. The summed E-state index contributed by atoms with van der Waals surface area (Å²) in [6.45, 7) is 5.80. The molecule has 110 valence electrons. The molecule has 0 saturated heterocycles. The first kappa shape index (κ1) is 15.9. The van der Waals surface area contributed by atoms with Gasteiger partial charge in [-0.05, 0) is 45.0 Å². The molecule has 1 heterocycles. The molecule has 0 spiro atoms. The van der Waals surface area contributed by atoms with E-state index in [1.165, 1.54) is 11.3 Å². The minimum Gasteiger partial charge on any atom is -0.462 e. The van der Waals surface area contributed by atoms with E-state index in [-0.39, 0.29) is 5.97 Å². The summed E-state index contributed by atoms with van der Waals surface area (Å²) in [5, 5.41) is 0.858. The number of esters is 1. The highest BCUT2D eigenvalue weighted by atomic mass is 79.9. The van der Waals surface area contributed by atoms with Gasteiger partial charge in [0.2, 0.25) is 0 Å². The SMILES string of the molecule is CCOC(=O)c1c(C)nc(C)sc1=Nc1ccc(Br)cc1. The first-order chi connectivity index (χ1) is 10.0. The van der Waals surface area contributed by atoms with Crippen molar-refractivity contribution in [2.45, 2.75) is 20.8 Å². The third kappa shape index (κ3) is 3.98. The van der Waals surface area contributed by atoms with Crippen LogP contribution in [-0.4, -0.2) is 17.6 Å². The van der Waals surface area contributed by atoms with E-state index in [1.807, 2.05) is 31.2 Å². The Kier molecular flexibility index (Phi) is 5.25. The van der Waals surface area contributed by atoms with Crippen molar-refractivity contribution in [1.82, 2.24) is 4.98 Å². The van der Waals surface area contributed by atoms with Gasteiger partial charge in [0.05, 0.1) is 23.0 Å².